The molecule has 3 nitrogen and oxygen atoms in total. The van der Waals surface area contributed by atoms with E-state index in [1.54, 1.807) is 23.6 Å². The Kier molecular flexibility index (Phi) is 4.91. The number of halogens is 1. The molecule has 3 aromatic heterocycles. The highest BCUT2D eigenvalue weighted by Gasteiger charge is 2.28. The Morgan fingerprint density at radius 1 is 1.27 bits per heavy atom. The zero-order valence-corrected chi connectivity index (χ0v) is 18.4. The van der Waals surface area contributed by atoms with Crippen molar-refractivity contribution >= 4 is 38.8 Å². The molecular weight excluding hydrogens is 415 g/mol. The summed E-state index contributed by atoms with van der Waals surface area (Å²) < 4.78 is 14.8. The summed E-state index contributed by atoms with van der Waals surface area (Å²) in [4.78, 5) is 20.0. The van der Waals surface area contributed by atoms with Crippen molar-refractivity contribution in [1.82, 2.24) is 10.3 Å². The Bertz CT molecular complexity index is 1260. The average molecular weight is 437 g/mol. The second-order valence-corrected chi connectivity index (χ2v) is 9.93. The van der Waals surface area contributed by atoms with E-state index in [2.05, 4.69) is 35.6 Å². The van der Waals surface area contributed by atoms with Crippen LogP contribution in [0, 0.1) is 5.82 Å². The lowest BCUT2D eigenvalue weighted by molar-refractivity contribution is 0.0939. The van der Waals surface area contributed by atoms with Gasteiger partial charge in [0.1, 0.15) is 5.82 Å². The molecule has 152 valence electrons. The van der Waals surface area contributed by atoms with E-state index in [9.17, 15) is 9.18 Å². The van der Waals surface area contributed by atoms with Gasteiger partial charge < -0.3 is 5.32 Å². The number of rotatable bonds is 4. The number of hydrogen-bond donors (Lipinski definition) is 1. The van der Waals surface area contributed by atoms with Crippen LogP contribution in [-0.2, 0) is 6.42 Å². The minimum atomic E-state index is -0.274. The van der Waals surface area contributed by atoms with Gasteiger partial charge in [0.15, 0.2) is 0 Å². The molecule has 4 aromatic rings. The molecule has 3 heterocycles. The Morgan fingerprint density at radius 3 is 2.93 bits per heavy atom. The lowest BCUT2D eigenvalue weighted by atomic mass is 9.99. The molecule has 1 aliphatic rings. The second-order valence-electron chi connectivity index (χ2n) is 7.91. The molecule has 0 saturated heterocycles. The Hall–Kier alpha value is -2.57. The molecule has 1 N–H and O–H groups in total. The van der Waals surface area contributed by atoms with Crippen molar-refractivity contribution in [3.63, 3.8) is 0 Å². The maximum Gasteiger partial charge on any atom is 0.262 e. The number of fused-ring (bicyclic) bond motifs is 2. The number of nitrogens with one attached hydrogen (secondary N) is 1. The van der Waals surface area contributed by atoms with Gasteiger partial charge in [-0.15, -0.1) is 22.7 Å². The van der Waals surface area contributed by atoms with E-state index in [4.69, 9.17) is 0 Å². The van der Waals surface area contributed by atoms with E-state index < -0.39 is 0 Å². The molecule has 1 aromatic carbocycles. The van der Waals surface area contributed by atoms with Crippen LogP contribution >= 0.6 is 22.7 Å². The van der Waals surface area contributed by atoms with Crippen LogP contribution in [0.25, 0.3) is 21.3 Å². The molecule has 0 aliphatic heterocycles. The van der Waals surface area contributed by atoms with Crippen molar-refractivity contribution in [3.8, 4) is 11.1 Å². The number of benzene rings is 1. The van der Waals surface area contributed by atoms with Crippen LogP contribution in [0.15, 0.2) is 48.0 Å². The van der Waals surface area contributed by atoms with Gasteiger partial charge in [-0.3, -0.25) is 9.78 Å². The van der Waals surface area contributed by atoms with Gasteiger partial charge in [0.2, 0.25) is 0 Å². The summed E-state index contributed by atoms with van der Waals surface area (Å²) in [6, 6.07) is 10.7. The molecule has 0 saturated carbocycles. The predicted octanol–water partition coefficient (Wildman–Crippen LogP) is 6.70. The Labute approximate surface area is 182 Å². The summed E-state index contributed by atoms with van der Waals surface area (Å²) in [6.07, 6.45) is 3.71. The van der Waals surface area contributed by atoms with Crippen molar-refractivity contribution in [2.45, 2.75) is 38.6 Å². The fourth-order valence-corrected chi connectivity index (χ4v) is 6.58. The Balaban J connectivity index is 1.59. The number of thiophene rings is 2. The summed E-state index contributed by atoms with van der Waals surface area (Å²) >= 11 is 3.22. The molecule has 0 fully saturated rings. The van der Waals surface area contributed by atoms with Crippen LogP contribution in [0.5, 0.6) is 0 Å². The molecule has 1 atom stereocenters. The lowest BCUT2D eigenvalue weighted by Gasteiger charge is -2.14. The second kappa shape index (κ2) is 7.60. The third-order valence-electron chi connectivity index (χ3n) is 5.65. The van der Waals surface area contributed by atoms with Crippen LogP contribution in [-0.4, -0.2) is 10.9 Å². The first-order chi connectivity index (χ1) is 14.5. The lowest BCUT2D eigenvalue weighted by Crippen LogP contribution is -2.27. The number of pyridine rings is 1. The van der Waals surface area contributed by atoms with E-state index in [-0.39, 0.29) is 23.7 Å². The van der Waals surface area contributed by atoms with Crippen molar-refractivity contribution in [1.29, 1.82) is 0 Å². The molecule has 0 spiro atoms. The maximum absolute atomic E-state index is 13.8. The summed E-state index contributed by atoms with van der Waals surface area (Å²) in [5.41, 5.74) is 4.76. The molecule has 0 unspecified atom stereocenters. The molecule has 5 rings (SSSR count). The first-order valence-corrected chi connectivity index (χ1v) is 11.8. The SMILES string of the molecule is CC(C)c1c(C(=O)N[C@H]2CCc3sccc32)sc2c(-c3cccc(F)c3)ccnc12. The highest BCUT2D eigenvalue weighted by molar-refractivity contribution is 7.21. The highest BCUT2D eigenvalue weighted by Crippen LogP contribution is 2.41. The van der Waals surface area contributed by atoms with Crippen LogP contribution in [0.1, 0.15) is 57.9 Å². The van der Waals surface area contributed by atoms with Crippen LogP contribution in [0.3, 0.4) is 0 Å². The number of nitrogens with zero attached hydrogens (tertiary/aromatic N) is 1. The van der Waals surface area contributed by atoms with Gasteiger partial charge in [-0.25, -0.2) is 4.39 Å². The fraction of sp³-hybridized carbons (Fsp3) is 0.250. The quantitative estimate of drug-likeness (QED) is 0.386. The van der Waals surface area contributed by atoms with Crippen molar-refractivity contribution in [2.75, 3.05) is 0 Å². The van der Waals surface area contributed by atoms with Crippen LogP contribution < -0.4 is 5.32 Å². The van der Waals surface area contributed by atoms with Gasteiger partial charge in [-0.2, -0.15) is 0 Å². The Morgan fingerprint density at radius 2 is 2.13 bits per heavy atom. The zero-order valence-electron chi connectivity index (χ0n) is 16.7. The minimum absolute atomic E-state index is 0.0454. The standard InChI is InChI=1S/C24H21FN2OS2/c1-13(2)20-21-22(16(8-10-26-21)14-4-3-5-15(25)12-14)30-23(20)24(28)27-18-6-7-19-17(18)9-11-29-19/h3-5,8-13,18H,6-7H2,1-2H3,(H,27,28)/t18-/m0/s1. The van der Waals surface area contributed by atoms with Gasteiger partial charge in [-0.1, -0.05) is 26.0 Å². The number of carbonyl (C=O) groups excluding carboxylic acids is 1. The third-order valence-corrected chi connectivity index (χ3v) is 7.87. The summed E-state index contributed by atoms with van der Waals surface area (Å²) in [6.45, 7) is 4.17. The monoisotopic (exact) mass is 436 g/mol. The van der Waals surface area contributed by atoms with E-state index in [1.165, 1.54) is 33.9 Å². The zero-order chi connectivity index (χ0) is 20.8. The maximum atomic E-state index is 13.8. The number of aryl methyl sites for hydroxylation is 1. The van der Waals surface area contributed by atoms with Crippen molar-refractivity contribution < 1.29 is 9.18 Å². The summed E-state index contributed by atoms with van der Waals surface area (Å²) in [5, 5.41) is 5.35. The van der Waals surface area contributed by atoms with Crippen molar-refractivity contribution in [2.24, 2.45) is 0 Å². The highest BCUT2D eigenvalue weighted by atomic mass is 32.1. The van der Waals surface area contributed by atoms with E-state index in [0.29, 0.717) is 4.88 Å². The first kappa shape index (κ1) is 19.4. The van der Waals surface area contributed by atoms with Crippen LogP contribution in [0.2, 0.25) is 0 Å². The predicted molar refractivity (Wildman–Crippen MR) is 122 cm³/mol. The topological polar surface area (TPSA) is 42.0 Å². The molecule has 0 bridgehead atoms. The first-order valence-electron chi connectivity index (χ1n) is 10.1. The van der Waals surface area contributed by atoms with Gasteiger partial charge in [0, 0.05) is 22.2 Å². The number of hydrogen-bond acceptors (Lipinski definition) is 4. The largest absolute Gasteiger partial charge is 0.344 e. The molecule has 6 heteroatoms. The molecular formula is C24H21FN2OS2. The number of amides is 1. The van der Waals surface area contributed by atoms with Gasteiger partial charge in [0.25, 0.3) is 5.91 Å². The fourth-order valence-electron chi connectivity index (χ4n) is 4.26. The average Bonchev–Trinajstić information content (AvgIpc) is 3.42. The minimum Gasteiger partial charge on any atom is -0.344 e. The number of carbonyl (C=O) groups is 1. The van der Waals surface area contributed by atoms with Crippen LogP contribution in [0.4, 0.5) is 4.39 Å². The normalized spacial score (nSPS) is 15.7. The smallest absolute Gasteiger partial charge is 0.262 e. The summed E-state index contributed by atoms with van der Waals surface area (Å²) in [7, 11) is 0. The third kappa shape index (κ3) is 3.24. The van der Waals surface area contributed by atoms with E-state index >= 15 is 0 Å². The number of aromatic nitrogens is 1. The molecule has 30 heavy (non-hydrogen) atoms. The molecule has 0 radical (unpaired) electrons. The van der Waals surface area contributed by atoms with Crippen molar-refractivity contribution in [3.05, 3.63) is 74.7 Å². The molecule has 1 aliphatic carbocycles. The van der Waals surface area contributed by atoms with Gasteiger partial charge >= 0.3 is 0 Å². The molecule has 1 amide bonds. The van der Waals surface area contributed by atoms with Gasteiger partial charge in [-0.05, 0) is 59.5 Å². The van der Waals surface area contributed by atoms with Gasteiger partial charge in [0.05, 0.1) is 21.1 Å². The van der Waals surface area contributed by atoms with E-state index in [1.807, 2.05) is 12.1 Å². The summed E-state index contributed by atoms with van der Waals surface area (Å²) in [5.74, 6) is -0.171. The van der Waals surface area contributed by atoms with E-state index in [0.717, 1.165) is 39.7 Å².